The number of nitrogens with one attached hydrogen (secondary N) is 1. The van der Waals surface area contributed by atoms with Crippen molar-refractivity contribution in [2.75, 3.05) is 42.0 Å². The lowest BCUT2D eigenvalue weighted by Gasteiger charge is -2.25. The summed E-state index contributed by atoms with van der Waals surface area (Å²) < 4.78 is 22.3. The Hall–Kier alpha value is -3.71. The van der Waals surface area contributed by atoms with Crippen LogP contribution in [0.4, 0.5) is 0 Å². The normalized spacial score (nSPS) is 11.6. The van der Waals surface area contributed by atoms with Gasteiger partial charge in [-0.05, 0) is 49.5 Å². The summed E-state index contributed by atoms with van der Waals surface area (Å²) in [5, 5.41) is 3.02. The Morgan fingerprint density at radius 3 is 2.03 bits per heavy atom. The number of hydrogen-bond acceptors (Lipinski definition) is 6. The lowest BCUT2D eigenvalue weighted by atomic mass is 10.1. The molecule has 180 valence electrons. The zero-order valence-corrected chi connectivity index (χ0v) is 20.3. The molecule has 0 heterocycles. The number of amides is 1. The van der Waals surface area contributed by atoms with Gasteiger partial charge in [0.15, 0.2) is 11.5 Å². The van der Waals surface area contributed by atoms with Crippen LogP contribution in [0.15, 0.2) is 66.7 Å². The zero-order valence-electron chi connectivity index (χ0n) is 20.3. The molecular weight excluding hydrogens is 432 g/mol. The average Bonchev–Trinajstić information content (AvgIpc) is 2.87. The molecule has 34 heavy (non-hydrogen) atoms. The standard InChI is InChI=1S/C27H32N2O5/c1-29(2)23(20-11-13-22(31-3)14-12-20)17-28-27(30)21-15-24(32-4)26(25(16-21)33-5)34-18-19-9-7-6-8-10-19/h6-16,23H,17-18H2,1-5H3,(H,28,30). The molecule has 0 aliphatic heterocycles. The van der Waals surface area contributed by atoms with E-state index in [0.717, 1.165) is 16.9 Å². The number of ether oxygens (including phenoxy) is 4. The minimum Gasteiger partial charge on any atom is -0.497 e. The summed E-state index contributed by atoms with van der Waals surface area (Å²) in [5.41, 5.74) is 2.51. The Morgan fingerprint density at radius 1 is 0.882 bits per heavy atom. The van der Waals surface area contributed by atoms with Gasteiger partial charge in [-0.15, -0.1) is 0 Å². The van der Waals surface area contributed by atoms with E-state index in [1.165, 1.54) is 14.2 Å². The molecule has 3 aromatic carbocycles. The number of likely N-dealkylation sites (N-methyl/N-ethyl adjacent to an activating group) is 1. The van der Waals surface area contributed by atoms with Crippen molar-refractivity contribution in [2.24, 2.45) is 0 Å². The van der Waals surface area contributed by atoms with Crippen LogP contribution in [0.1, 0.15) is 27.5 Å². The van der Waals surface area contributed by atoms with Gasteiger partial charge in [0.05, 0.1) is 27.4 Å². The maximum absolute atomic E-state index is 13.0. The molecule has 0 aliphatic rings. The van der Waals surface area contributed by atoms with Crippen LogP contribution < -0.4 is 24.3 Å². The van der Waals surface area contributed by atoms with Crippen LogP contribution in [0.5, 0.6) is 23.0 Å². The Labute approximate surface area is 201 Å². The SMILES string of the molecule is COc1ccc(C(CNC(=O)c2cc(OC)c(OCc3ccccc3)c(OC)c2)N(C)C)cc1. The van der Waals surface area contributed by atoms with E-state index in [2.05, 4.69) is 10.2 Å². The molecule has 0 aliphatic carbocycles. The van der Waals surface area contributed by atoms with Crippen LogP contribution in [-0.4, -0.2) is 52.8 Å². The quantitative estimate of drug-likeness (QED) is 0.456. The largest absolute Gasteiger partial charge is 0.497 e. The molecule has 0 saturated heterocycles. The van der Waals surface area contributed by atoms with Crippen LogP contribution in [0.2, 0.25) is 0 Å². The number of rotatable bonds is 11. The van der Waals surface area contributed by atoms with Crippen molar-refractivity contribution < 1.29 is 23.7 Å². The van der Waals surface area contributed by atoms with Gasteiger partial charge in [0.1, 0.15) is 12.4 Å². The van der Waals surface area contributed by atoms with E-state index in [0.29, 0.717) is 36.0 Å². The fraction of sp³-hybridized carbons (Fsp3) is 0.296. The maximum Gasteiger partial charge on any atom is 0.251 e. The zero-order chi connectivity index (χ0) is 24.5. The molecule has 0 fully saturated rings. The van der Waals surface area contributed by atoms with Gasteiger partial charge >= 0.3 is 0 Å². The summed E-state index contributed by atoms with van der Waals surface area (Å²) >= 11 is 0. The first-order valence-electron chi connectivity index (χ1n) is 11.0. The van der Waals surface area contributed by atoms with Crippen LogP contribution in [-0.2, 0) is 6.61 Å². The molecule has 3 aromatic rings. The van der Waals surface area contributed by atoms with E-state index in [1.54, 1.807) is 19.2 Å². The Kier molecular flexibility index (Phi) is 8.76. The topological polar surface area (TPSA) is 69.3 Å². The number of methoxy groups -OCH3 is 3. The highest BCUT2D eigenvalue weighted by Gasteiger charge is 2.20. The molecule has 3 rings (SSSR count). The third-order valence-electron chi connectivity index (χ3n) is 5.53. The van der Waals surface area contributed by atoms with E-state index >= 15 is 0 Å². The third kappa shape index (κ3) is 6.20. The predicted molar refractivity (Wildman–Crippen MR) is 132 cm³/mol. The van der Waals surface area contributed by atoms with Gasteiger partial charge < -0.3 is 29.2 Å². The van der Waals surface area contributed by atoms with Gasteiger partial charge in [0.2, 0.25) is 5.75 Å². The van der Waals surface area contributed by atoms with Crippen molar-refractivity contribution in [3.63, 3.8) is 0 Å². The number of nitrogens with zero attached hydrogens (tertiary/aromatic N) is 1. The predicted octanol–water partition coefficient (Wildman–Crippen LogP) is 4.32. The smallest absolute Gasteiger partial charge is 0.251 e. The van der Waals surface area contributed by atoms with Gasteiger partial charge in [-0.1, -0.05) is 42.5 Å². The molecule has 0 saturated carbocycles. The Balaban J connectivity index is 1.75. The minimum absolute atomic E-state index is 0.00729. The molecule has 1 unspecified atom stereocenters. The van der Waals surface area contributed by atoms with E-state index in [1.807, 2.05) is 68.7 Å². The maximum atomic E-state index is 13.0. The summed E-state index contributed by atoms with van der Waals surface area (Å²) in [6.45, 7) is 0.778. The van der Waals surface area contributed by atoms with Crippen LogP contribution >= 0.6 is 0 Å². The molecule has 0 radical (unpaired) electrons. The summed E-state index contributed by atoms with van der Waals surface area (Å²) in [7, 11) is 8.67. The summed E-state index contributed by atoms with van der Waals surface area (Å²) in [6, 6.07) is 21.0. The van der Waals surface area contributed by atoms with Gasteiger partial charge in [0.25, 0.3) is 5.91 Å². The fourth-order valence-electron chi connectivity index (χ4n) is 3.60. The lowest BCUT2D eigenvalue weighted by Crippen LogP contribution is -2.34. The molecule has 1 atom stereocenters. The molecule has 7 nitrogen and oxygen atoms in total. The van der Waals surface area contributed by atoms with Crippen molar-refractivity contribution in [3.05, 3.63) is 83.4 Å². The number of benzene rings is 3. The van der Waals surface area contributed by atoms with Gasteiger partial charge in [-0.2, -0.15) is 0 Å². The minimum atomic E-state index is -0.230. The van der Waals surface area contributed by atoms with Crippen molar-refractivity contribution in [1.82, 2.24) is 10.2 Å². The molecule has 0 spiro atoms. The van der Waals surface area contributed by atoms with E-state index in [-0.39, 0.29) is 11.9 Å². The summed E-state index contributed by atoms with van der Waals surface area (Å²) in [4.78, 5) is 15.1. The Bertz CT molecular complexity index is 1040. The second-order valence-electron chi connectivity index (χ2n) is 7.95. The number of carbonyl (C=O) groups excluding carboxylic acids is 1. The van der Waals surface area contributed by atoms with Crippen LogP contribution in [0, 0.1) is 0 Å². The Morgan fingerprint density at radius 2 is 1.50 bits per heavy atom. The van der Waals surface area contributed by atoms with Gasteiger partial charge in [0, 0.05) is 12.1 Å². The molecule has 0 aromatic heterocycles. The molecule has 1 amide bonds. The van der Waals surface area contributed by atoms with Crippen LogP contribution in [0.25, 0.3) is 0 Å². The molecule has 7 heteroatoms. The average molecular weight is 465 g/mol. The van der Waals surface area contributed by atoms with Gasteiger partial charge in [-0.25, -0.2) is 0 Å². The third-order valence-corrected chi connectivity index (χ3v) is 5.53. The molecular formula is C27H32N2O5. The van der Waals surface area contributed by atoms with Crippen molar-refractivity contribution >= 4 is 5.91 Å². The first kappa shape index (κ1) is 24.9. The highest BCUT2D eigenvalue weighted by atomic mass is 16.5. The van der Waals surface area contributed by atoms with E-state index in [9.17, 15) is 4.79 Å². The van der Waals surface area contributed by atoms with Crippen molar-refractivity contribution in [2.45, 2.75) is 12.6 Å². The fourth-order valence-corrected chi connectivity index (χ4v) is 3.60. The number of carbonyl (C=O) groups is 1. The van der Waals surface area contributed by atoms with Crippen molar-refractivity contribution in [3.8, 4) is 23.0 Å². The summed E-state index contributed by atoms with van der Waals surface area (Å²) in [5.74, 6) is 1.87. The highest BCUT2D eigenvalue weighted by Crippen LogP contribution is 2.39. The highest BCUT2D eigenvalue weighted by molar-refractivity contribution is 5.95. The second-order valence-corrected chi connectivity index (χ2v) is 7.95. The first-order chi connectivity index (χ1) is 16.5. The van der Waals surface area contributed by atoms with E-state index < -0.39 is 0 Å². The van der Waals surface area contributed by atoms with E-state index in [4.69, 9.17) is 18.9 Å². The van der Waals surface area contributed by atoms with Crippen molar-refractivity contribution in [1.29, 1.82) is 0 Å². The number of hydrogen-bond donors (Lipinski definition) is 1. The first-order valence-corrected chi connectivity index (χ1v) is 11.0. The molecule has 1 N–H and O–H groups in total. The summed E-state index contributed by atoms with van der Waals surface area (Å²) in [6.07, 6.45) is 0. The monoisotopic (exact) mass is 464 g/mol. The van der Waals surface area contributed by atoms with Gasteiger partial charge in [-0.3, -0.25) is 4.79 Å². The second kappa shape index (κ2) is 12.0. The van der Waals surface area contributed by atoms with Crippen LogP contribution in [0.3, 0.4) is 0 Å². The lowest BCUT2D eigenvalue weighted by molar-refractivity contribution is 0.0941. The molecule has 0 bridgehead atoms.